The van der Waals surface area contributed by atoms with Crippen LogP contribution in [0, 0.1) is 11.6 Å². The molecule has 0 aliphatic carbocycles. The number of ether oxygens (including phenoxy) is 1. The van der Waals surface area contributed by atoms with Crippen LogP contribution in [-0.4, -0.2) is 12.6 Å². The Morgan fingerprint density at radius 2 is 2.20 bits per heavy atom. The van der Waals surface area contributed by atoms with Gasteiger partial charge in [0, 0.05) is 5.56 Å². The number of rotatable bonds is 0. The van der Waals surface area contributed by atoms with Crippen LogP contribution in [0.25, 0.3) is 0 Å². The molecule has 2 heterocycles. The van der Waals surface area contributed by atoms with E-state index >= 15 is 0 Å². The van der Waals surface area contributed by atoms with Gasteiger partial charge in [0.05, 0.1) is 6.04 Å². The van der Waals surface area contributed by atoms with Crippen molar-refractivity contribution in [2.24, 2.45) is 0 Å². The molecule has 2 atom stereocenters. The number of hydrogen-bond donors (Lipinski definition) is 1. The Kier molecular flexibility index (Phi) is 1.92. The molecule has 2 nitrogen and oxygen atoms in total. The molecule has 3 rings (SSSR count). The summed E-state index contributed by atoms with van der Waals surface area (Å²) in [5.74, 6) is -1.60. The lowest BCUT2D eigenvalue weighted by atomic mass is 9.97. The molecule has 1 aromatic carbocycles. The average molecular weight is 211 g/mol. The van der Waals surface area contributed by atoms with Gasteiger partial charge in [-0.25, -0.2) is 4.39 Å². The molecular weight excluding hydrogens is 200 g/mol. The highest BCUT2D eigenvalue weighted by Gasteiger charge is 2.38. The van der Waals surface area contributed by atoms with E-state index < -0.39 is 11.6 Å². The molecule has 0 aromatic heterocycles. The molecule has 0 amide bonds. The number of benzene rings is 1. The average Bonchev–Trinajstić information content (AvgIpc) is 2.63. The van der Waals surface area contributed by atoms with Crippen molar-refractivity contribution in [3.63, 3.8) is 0 Å². The Hall–Kier alpha value is -1.16. The molecule has 2 aliphatic rings. The molecular formula is C11H11F2NO. The first-order valence-corrected chi connectivity index (χ1v) is 5.15. The van der Waals surface area contributed by atoms with Crippen molar-refractivity contribution in [1.82, 2.24) is 5.32 Å². The van der Waals surface area contributed by atoms with E-state index in [4.69, 9.17) is 4.74 Å². The van der Waals surface area contributed by atoms with Gasteiger partial charge in [0.2, 0.25) is 5.82 Å². The molecule has 1 aromatic rings. The van der Waals surface area contributed by atoms with Crippen molar-refractivity contribution >= 4 is 0 Å². The molecule has 0 radical (unpaired) electrons. The second kappa shape index (κ2) is 3.17. The predicted molar refractivity (Wildman–Crippen MR) is 50.8 cm³/mol. The van der Waals surface area contributed by atoms with Crippen molar-refractivity contribution in [2.75, 3.05) is 6.54 Å². The highest BCUT2D eigenvalue weighted by molar-refractivity contribution is 5.42. The van der Waals surface area contributed by atoms with Gasteiger partial charge in [-0.05, 0) is 25.5 Å². The third-order valence-corrected chi connectivity index (χ3v) is 3.09. The summed E-state index contributed by atoms with van der Waals surface area (Å²) >= 11 is 0. The molecule has 0 saturated carbocycles. The Morgan fingerprint density at radius 1 is 1.33 bits per heavy atom. The van der Waals surface area contributed by atoms with Crippen LogP contribution >= 0.6 is 0 Å². The van der Waals surface area contributed by atoms with E-state index in [1.54, 1.807) is 6.07 Å². The standard InChI is InChI=1S/C11H11F2NO/c12-7-4-3-6-10-8(2-1-5-14-10)15-11(6)9(7)13/h3-4,8,10,14H,1-2,5H2/t8-,10-/m0/s1. The molecule has 2 aliphatic heterocycles. The summed E-state index contributed by atoms with van der Waals surface area (Å²) in [5.41, 5.74) is 0.749. The Morgan fingerprint density at radius 3 is 3.07 bits per heavy atom. The van der Waals surface area contributed by atoms with Crippen LogP contribution in [0.15, 0.2) is 12.1 Å². The number of hydrogen-bond acceptors (Lipinski definition) is 2. The highest BCUT2D eigenvalue weighted by atomic mass is 19.2. The Labute approximate surface area is 86.2 Å². The number of halogens is 2. The van der Waals surface area contributed by atoms with E-state index in [0.717, 1.165) is 31.0 Å². The zero-order valence-corrected chi connectivity index (χ0v) is 8.09. The van der Waals surface area contributed by atoms with Gasteiger partial charge >= 0.3 is 0 Å². The normalized spacial score (nSPS) is 28.1. The van der Waals surface area contributed by atoms with E-state index in [-0.39, 0.29) is 17.9 Å². The summed E-state index contributed by atoms with van der Waals surface area (Å²) in [6.07, 6.45) is 1.87. The summed E-state index contributed by atoms with van der Waals surface area (Å²) < 4.78 is 31.8. The minimum absolute atomic E-state index is 0.0313. The van der Waals surface area contributed by atoms with Gasteiger partial charge in [-0.3, -0.25) is 0 Å². The third-order valence-electron chi connectivity index (χ3n) is 3.09. The summed E-state index contributed by atoms with van der Waals surface area (Å²) in [6, 6.07) is 2.80. The van der Waals surface area contributed by atoms with Crippen molar-refractivity contribution in [3.05, 3.63) is 29.3 Å². The van der Waals surface area contributed by atoms with E-state index in [1.165, 1.54) is 0 Å². The SMILES string of the molecule is Fc1ccc2c(c1F)O[C@H]1CCCN[C@@H]21. The summed E-state index contributed by atoms with van der Waals surface area (Å²) in [4.78, 5) is 0. The lowest BCUT2D eigenvalue weighted by Gasteiger charge is -2.25. The van der Waals surface area contributed by atoms with Crippen LogP contribution in [0.3, 0.4) is 0 Å². The fourth-order valence-corrected chi connectivity index (χ4v) is 2.36. The van der Waals surface area contributed by atoms with Gasteiger partial charge in [0.1, 0.15) is 6.10 Å². The van der Waals surface area contributed by atoms with Gasteiger partial charge < -0.3 is 10.1 Å². The van der Waals surface area contributed by atoms with Gasteiger partial charge in [-0.1, -0.05) is 6.07 Å². The summed E-state index contributed by atoms with van der Waals surface area (Å²) in [5, 5.41) is 3.27. The van der Waals surface area contributed by atoms with Crippen LogP contribution in [0.1, 0.15) is 24.4 Å². The van der Waals surface area contributed by atoms with Gasteiger partial charge in [0.25, 0.3) is 0 Å². The molecule has 0 unspecified atom stereocenters. The molecule has 1 saturated heterocycles. The first-order chi connectivity index (χ1) is 7.27. The van der Waals surface area contributed by atoms with E-state index in [1.807, 2.05) is 0 Å². The molecule has 4 heteroatoms. The lowest BCUT2D eigenvalue weighted by molar-refractivity contribution is 0.149. The smallest absolute Gasteiger partial charge is 0.200 e. The van der Waals surface area contributed by atoms with Gasteiger partial charge in [-0.15, -0.1) is 0 Å². The van der Waals surface area contributed by atoms with Gasteiger partial charge in [0.15, 0.2) is 11.6 Å². The largest absolute Gasteiger partial charge is 0.485 e. The van der Waals surface area contributed by atoms with Gasteiger partial charge in [-0.2, -0.15) is 4.39 Å². The zero-order valence-electron chi connectivity index (χ0n) is 8.09. The molecule has 1 N–H and O–H groups in total. The maximum Gasteiger partial charge on any atom is 0.200 e. The van der Waals surface area contributed by atoms with Crippen LogP contribution in [-0.2, 0) is 0 Å². The van der Waals surface area contributed by atoms with Crippen molar-refractivity contribution < 1.29 is 13.5 Å². The fraction of sp³-hybridized carbons (Fsp3) is 0.455. The summed E-state index contributed by atoms with van der Waals surface area (Å²) in [7, 11) is 0. The predicted octanol–water partition coefficient (Wildman–Crippen LogP) is 2.15. The Bertz CT molecular complexity index is 408. The monoisotopic (exact) mass is 211 g/mol. The number of nitrogens with one attached hydrogen (secondary N) is 1. The quantitative estimate of drug-likeness (QED) is 0.710. The lowest BCUT2D eigenvalue weighted by Crippen LogP contribution is -2.36. The minimum atomic E-state index is -0.858. The number of piperidine rings is 1. The highest BCUT2D eigenvalue weighted by Crippen LogP contribution is 2.42. The molecule has 80 valence electrons. The molecule has 1 fully saturated rings. The van der Waals surface area contributed by atoms with Crippen LogP contribution in [0.5, 0.6) is 5.75 Å². The first kappa shape index (κ1) is 9.09. The van der Waals surface area contributed by atoms with Crippen LogP contribution < -0.4 is 10.1 Å². The fourth-order valence-electron chi connectivity index (χ4n) is 2.36. The Balaban J connectivity index is 2.07. The topological polar surface area (TPSA) is 21.3 Å². The van der Waals surface area contributed by atoms with E-state index in [0.29, 0.717) is 0 Å². The zero-order chi connectivity index (χ0) is 10.4. The first-order valence-electron chi connectivity index (χ1n) is 5.15. The molecule has 15 heavy (non-hydrogen) atoms. The van der Waals surface area contributed by atoms with E-state index in [2.05, 4.69) is 5.32 Å². The maximum atomic E-state index is 13.4. The van der Waals surface area contributed by atoms with Crippen LogP contribution in [0.2, 0.25) is 0 Å². The third kappa shape index (κ3) is 1.24. The molecule has 0 spiro atoms. The van der Waals surface area contributed by atoms with Crippen molar-refractivity contribution in [1.29, 1.82) is 0 Å². The minimum Gasteiger partial charge on any atom is -0.485 e. The second-order valence-electron chi connectivity index (χ2n) is 4.01. The van der Waals surface area contributed by atoms with Crippen molar-refractivity contribution in [2.45, 2.75) is 25.0 Å². The van der Waals surface area contributed by atoms with Crippen molar-refractivity contribution in [3.8, 4) is 5.75 Å². The van der Waals surface area contributed by atoms with Crippen LogP contribution in [0.4, 0.5) is 8.78 Å². The summed E-state index contributed by atoms with van der Waals surface area (Å²) in [6.45, 7) is 0.906. The molecule has 0 bridgehead atoms. The second-order valence-corrected chi connectivity index (χ2v) is 4.01. The maximum absolute atomic E-state index is 13.4. The van der Waals surface area contributed by atoms with E-state index in [9.17, 15) is 8.78 Å². The number of fused-ring (bicyclic) bond motifs is 3.